The minimum atomic E-state index is -0.457. The Morgan fingerprint density at radius 2 is 2.23 bits per heavy atom. The van der Waals surface area contributed by atoms with E-state index < -0.39 is 6.10 Å². The Bertz CT molecular complexity index is 320. The first kappa shape index (κ1) is 8.57. The molecule has 0 aliphatic carbocycles. The van der Waals surface area contributed by atoms with Gasteiger partial charge in [-0.3, -0.25) is 0 Å². The van der Waals surface area contributed by atoms with Gasteiger partial charge in [-0.05, 0) is 18.9 Å². The molecule has 2 heteroatoms. The molecule has 0 aromatic heterocycles. The topological polar surface area (TPSA) is 29.5 Å². The van der Waals surface area contributed by atoms with Crippen molar-refractivity contribution in [2.24, 2.45) is 0 Å². The molecule has 0 saturated heterocycles. The molecule has 13 heavy (non-hydrogen) atoms. The molecule has 0 amide bonds. The van der Waals surface area contributed by atoms with Gasteiger partial charge in [-0.15, -0.1) is 0 Å². The van der Waals surface area contributed by atoms with Gasteiger partial charge in [0.05, 0.1) is 0 Å². The lowest BCUT2D eigenvalue weighted by atomic mass is 10.0. The molecule has 1 aliphatic rings. The number of hydrogen-bond donors (Lipinski definition) is 1. The SMILES string of the molecule is CCc1cccc2c1OC(C)C2O. The Labute approximate surface area is 78.2 Å². The molecule has 1 heterocycles. The molecule has 0 radical (unpaired) electrons. The minimum absolute atomic E-state index is 0.109. The van der Waals surface area contributed by atoms with E-state index in [4.69, 9.17) is 4.74 Å². The number of aliphatic hydroxyl groups excluding tert-OH is 1. The Kier molecular flexibility index (Phi) is 2.00. The van der Waals surface area contributed by atoms with Gasteiger partial charge < -0.3 is 9.84 Å². The summed E-state index contributed by atoms with van der Waals surface area (Å²) in [5.74, 6) is 0.894. The Morgan fingerprint density at radius 3 is 2.92 bits per heavy atom. The van der Waals surface area contributed by atoms with Crippen molar-refractivity contribution < 1.29 is 9.84 Å². The second-order valence-corrected chi connectivity index (χ2v) is 3.46. The van der Waals surface area contributed by atoms with Crippen LogP contribution in [0, 0.1) is 0 Å². The van der Waals surface area contributed by atoms with E-state index in [1.807, 2.05) is 25.1 Å². The van der Waals surface area contributed by atoms with Crippen LogP contribution < -0.4 is 4.74 Å². The third-order valence-electron chi connectivity index (χ3n) is 2.57. The highest BCUT2D eigenvalue weighted by molar-refractivity contribution is 5.46. The number of rotatable bonds is 1. The largest absolute Gasteiger partial charge is 0.487 e. The molecule has 70 valence electrons. The molecule has 2 nitrogen and oxygen atoms in total. The zero-order valence-corrected chi connectivity index (χ0v) is 7.95. The zero-order chi connectivity index (χ0) is 9.42. The van der Waals surface area contributed by atoms with Crippen molar-refractivity contribution in [3.05, 3.63) is 29.3 Å². The van der Waals surface area contributed by atoms with Gasteiger partial charge in [0.2, 0.25) is 0 Å². The van der Waals surface area contributed by atoms with Crippen LogP contribution in [0.3, 0.4) is 0 Å². The number of para-hydroxylation sites is 1. The second-order valence-electron chi connectivity index (χ2n) is 3.46. The van der Waals surface area contributed by atoms with Crippen LogP contribution in [0.4, 0.5) is 0 Å². The molecular formula is C11H14O2. The summed E-state index contributed by atoms with van der Waals surface area (Å²) in [6.07, 6.45) is 0.381. The van der Waals surface area contributed by atoms with Gasteiger partial charge >= 0.3 is 0 Å². The number of aryl methyl sites for hydroxylation is 1. The number of fused-ring (bicyclic) bond motifs is 1. The Hall–Kier alpha value is -1.02. The average molecular weight is 178 g/mol. The first-order valence-corrected chi connectivity index (χ1v) is 4.70. The normalized spacial score (nSPS) is 25.5. The van der Waals surface area contributed by atoms with E-state index in [-0.39, 0.29) is 6.10 Å². The van der Waals surface area contributed by atoms with Gasteiger partial charge in [-0.2, -0.15) is 0 Å². The molecule has 1 aliphatic heterocycles. The molecule has 1 aromatic rings. The van der Waals surface area contributed by atoms with E-state index in [0.717, 1.165) is 17.7 Å². The van der Waals surface area contributed by atoms with Crippen LogP contribution in [0.1, 0.15) is 31.1 Å². The van der Waals surface area contributed by atoms with Crippen LogP contribution in [-0.4, -0.2) is 11.2 Å². The minimum Gasteiger partial charge on any atom is -0.487 e. The van der Waals surface area contributed by atoms with E-state index in [9.17, 15) is 5.11 Å². The van der Waals surface area contributed by atoms with E-state index >= 15 is 0 Å². The fourth-order valence-electron chi connectivity index (χ4n) is 1.76. The summed E-state index contributed by atoms with van der Waals surface area (Å²) in [5, 5.41) is 9.74. The van der Waals surface area contributed by atoms with Gasteiger partial charge in [0, 0.05) is 5.56 Å². The third-order valence-corrected chi connectivity index (χ3v) is 2.57. The van der Waals surface area contributed by atoms with Crippen molar-refractivity contribution in [1.82, 2.24) is 0 Å². The van der Waals surface area contributed by atoms with E-state index in [1.54, 1.807) is 0 Å². The quantitative estimate of drug-likeness (QED) is 0.713. The van der Waals surface area contributed by atoms with Crippen molar-refractivity contribution in [2.45, 2.75) is 32.5 Å². The van der Waals surface area contributed by atoms with Crippen molar-refractivity contribution in [3.63, 3.8) is 0 Å². The molecule has 0 saturated carbocycles. The van der Waals surface area contributed by atoms with E-state index in [2.05, 4.69) is 6.92 Å². The van der Waals surface area contributed by atoms with Gasteiger partial charge in [-0.1, -0.05) is 25.1 Å². The smallest absolute Gasteiger partial charge is 0.128 e. The molecular weight excluding hydrogens is 164 g/mol. The molecule has 0 fully saturated rings. The molecule has 1 aromatic carbocycles. The number of aliphatic hydroxyl groups is 1. The van der Waals surface area contributed by atoms with Crippen LogP contribution in [0.2, 0.25) is 0 Å². The summed E-state index contributed by atoms with van der Waals surface area (Å²) in [5.41, 5.74) is 2.12. The van der Waals surface area contributed by atoms with E-state index in [0.29, 0.717) is 0 Å². The summed E-state index contributed by atoms with van der Waals surface area (Å²) in [4.78, 5) is 0. The molecule has 0 bridgehead atoms. The molecule has 1 N–H and O–H groups in total. The summed E-state index contributed by atoms with van der Waals surface area (Å²) in [6.45, 7) is 3.98. The second kappa shape index (κ2) is 3.04. The van der Waals surface area contributed by atoms with Gasteiger partial charge in [0.15, 0.2) is 0 Å². The Balaban J connectivity index is 2.49. The number of hydrogen-bond acceptors (Lipinski definition) is 2. The number of ether oxygens (including phenoxy) is 1. The summed E-state index contributed by atoms with van der Waals surface area (Å²) < 4.78 is 5.59. The lowest BCUT2D eigenvalue weighted by Crippen LogP contribution is -2.12. The highest BCUT2D eigenvalue weighted by Gasteiger charge is 2.30. The van der Waals surface area contributed by atoms with Crippen molar-refractivity contribution >= 4 is 0 Å². The van der Waals surface area contributed by atoms with Crippen LogP contribution in [-0.2, 0) is 6.42 Å². The molecule has 2 unspecified atom stereocenters. The van der Waals surface area contributed by atoms with E-state index in [1.165, 1.54) is 5.56 Å². The zero-order valence-electron chi connectivity index (χ0n) is 7.95. The maximum atomic E-state index is 9.74. The summed E-state index contributed by atoms with van der Waals surface area (Å²) >= 11 is 0. The highest BCUT2D eigenvalue weighted by atomic mass is 16.5. The van der Waals surface area contributed by atoms with Gasteiger partial charge in [-0.25, -0.2) is 0 Å². The lowest BCUT2D eigenvalue weighted by molar-refractivity contribution is 0.0793. The monoisotopic (exact) mass is 178 g/mol. The molecule has 2 rings (SSSR count). The lowest BCUT2D eigenvalue weighted by Gasteiger charge is -2.07. The predicted octanol–water partition coefficient (Wildman–Crippen LogP) is 2.06. The summed E-state index contributed by atoms with van der Waals surface area (Å²) in [7, 11) is 0. The third kappa shape index (κ3) is 1.22. The number of benzene rings is 1. The van der Waals surface area contributed by atoms with Crippen molar-refractivity contribution in [1.29, 1.82) is 0 Å². The summed E-state index contributed by atoms with van der Waals surface area (Å²) in [6, 6.07) is 5.95. The van der Waals surface area contributed by atoms with Crippen LogP contribution in [0.15, 0.2) is 18.2 Å². The van der Waals surface area contributed by atoms with Crippen molar-refractivity contribution in [2.75, 3.05) is 0 Å². The van der Waals surface area contributed by atoms with Gasteiger partial charge in [0.25, 0.3) is 0 Å². The fourth-order valence-corrected chi connectivity index (χ4v) is 1.76. The first-order chi connectivity index (χ1) is 6.24. The van der Waals surface area contributed by atoms with Crippen LogP contribution in [0.25, 0.3) is 0 Å². The maximum Gasteiger partial charge on any atom is 0.128 e. The van der Waals surface area contributed by atoms with Gasteiger partial charge in [0.1, 0.15) is 18.0 Å². The van der Waals surface area contributed by atoms with Crippen molar-refractivity contribution in [3.8, 4) is 5.75 Å². The molecule has 0 spiro atoms. The maximum absolute atomic E-state index is 9.74. The first-order valence-electron chi connectivity index (χ1n) is 4.70. The van der Waals surface area contributed by atoms with Crippen LogP contribution in [0.5, 0.6) is 5.75 Å². The Morgan fingerprint density at radius 1 is 1.46 bits per heavy atom. The predicted molar refractivity (Wildman–Crippen MR) is 50.9 cm³/mol. The highest BCUT2D eigenvalue weighted by Crippen LogP contribution is 2.38. The standard InChI is InChI=1S/C11H14O2/c1-3-8-5-4-6-9-10(12)7(2)13-11(8)9/h4-7,10,12H,3H2,1-2H3. The van der Waals surface area contributed by atoms with Crippen LogP contribution >= 0.6 is 0 Å². The average Bonchev–Trinajstić information content (AvgIpc) is 2.43. The molecule has 2 atom stereocenters. The fraction of sp³-hybridized carbons (Fsp3) is 0.455.